The fourth-order valence-corrected chi connectivity index (χ4v) is 2.10. The molecule has 1 aromatic carbocycles. The Morgan fingerprint density at radius 1 is 1.29 bits per heavy atom. The lowest BCUT2D eigenvalue weighted by Crippen LogP contribution is -1.98. The van der Waals surface area contributed by atoms with E-state index in [-0.39, 0.29) is 15.7 Å². The van der Waals surface area contributed by atoms with E-state index in [9.17, 15) is 8.78 Å². The number of benzene rings is 1. The molecule has 1 aromatic heterocycles. The van der Waals surface area contributed by atoms with Gasteiger partial charge in [-0.05, 0) is 34.5 Å². The predicted molar refractivity (Wildman–Crippen MR) is 65.4 cm³/mol. The lowest BCUT2D eigenvalue weighted by molar-refractivity contribution is 0.578. The van der Waals surface area contributed by atoms with Crippen molar-refractivity contribution < 1.29 is 8.78 Å². The van der Waals surface area contributed by atoms with E-state index in [4.69, 9.17) is 5.73 Å². The summed E-state index contributed by atoms with van der Waals surface area (Å²) < 4.78 is 29.4. The summed E-state index contributed by atoms with van der Waals surface area (Å²) in [6, 6.07) is 2.83. The van der Waals surface area contributed by atoms with Crippen LogP contribution in [0.4, 0.5) is 14.6 Å². The number of anilines is 1. The molecule has 0 saturated heterocycles. The number of nitrogens with zero attached hydrogens (tertiary/aromatic N) is 2. The van der Waals surface area contributed by atoms with Crippen LogP contribution in [-0.4, -0.2) is 9.78 Å². The molecular weight excluding hydrogens is 292 g/mol. The molecule has 0 fully saturated rings. The van der Waals surface area contributed by atoms with Crippen molar-refractivity contribution in [1.82, 2.24) is 9.78 Å². The van der Waals surface area contributed by atoms with Gasteiger partial charge in [-0.1, -0.05) is 0 Å². The fraction of sp³-hybridized carbons (Fsp3) is 0.182. The standard InChI is InChI=1S/C11H10BrF2N3/c1-5-3-6(12)11(14)9(10(5)13)7-4-8(15)17(2)16-7/h3-4H,15H2,1-2H3. The summed E-state index contributed by atoms with van der Waals surface area (Å²) in [7, 11) is 1.61. The van der Waals surface area contributed by atoms with Crippen molar-refractivity contribution in [2.75, 3.05) is 5.73 Å². The maximum Gasteiger partial charge on any atom is 0.149 e. The first-order valence-electron chi connectivity index (χ1n) is 4.85. The SMILES string of the molecule is Cc1cc(Br)c(F)c(-c2cc(N)n(C)n2)c1F. The highest BCUT2D eigenvalue weighted by Gasteiger charge is 2.19. The second-order valence-electron chi connectivity index (χ2n) is 3.76. The number of nitrogen functional groups attached to an aromatic ring is 1. The average molecular weight is 302 g/mol. The highest BCUT2D eigenvalue weighted by molar-refractivity contribution is 9.10. The minimum Gasteiger partial charge on any atom is -0.384 e. The smallest absolute Gasteiger partial charge is 0.149 e. The zero-order valence-corrected chi connectivity index (χ0v) is 10.8. The number of hydrogen-bond donors (Lipinski definition) is 1. The van der Waals surface area contributed by atoms with Crippen LogP contribution in [0.15, 0.2) is 16.6 Å². The van der Waals surface area contributed by atoms with Crippen molar-refractivity contribution in [3.63, 3.8) is 0 Å². The summed E-state index contributed by atoms with van der Waals surface area (Å²) in [5.41, 5.74) is 5.96. The number of nitrogens with two attached hydrogens (primary N) is 1. The maximum absolute atomic E-state index is 13.9. The van der Waals surface area contributed by atoms with E-state index < -0.39 is 11.6 Å². The average Bonchev–Trinajstić information content (AvgIpc) is 2.57. The number of aryl methyl sites for hydroxylation is 2. The van der Waals surface area contributed by atoms with Gasteiger partial charge in [-0.3, -0.25) is 4.68 Å². The van der Waals surface area contributed by atoms with E-state index in [0.29, 0.717) is 11.4 Å². The molecule has 0 radical (unpaired) electrons. The molecule has 2 aromatic rings. The summed E-state index contributed by atoms with van der Waals surface area (Å²) in [6.07, 6.45) is 0. The highest BCUT2D eigenvalue weighted by Crippen LogP contribution is 2.32. The van der Waals surface area contributed by atoms with Crippen LogP contribution in [0.2, 0.25) is 0 Å². The van der Waals surface area contributed by atoms with Crippen molar-refractivity contribution >= 4 is 21.7 Å². The monoisotopic (exact) mass is 301 g/mol. The normalized spacial score (nSPS) is 10.9. The van der Waals surface area contributed by atoms with Gasteiger partial charge in [0.1, 0.15) is 23.1 Å². The third-order valence-electron chi connectivity index (χ3n) is 2.51. The van der Waals surface area contributed by atoms with E-state index in [1.807, 2.05) is 0 Å². The van der Waals surface area contributed by atoms with Gasteiger partial charge >= 0.3 is 0 Å². The molecule has 1 heterocycles. The summed E-state index contributed by atoms with van der Waals surface area (Å²) >= 11 is 3.05. The Bertz CT molecular complexity index is 547. The molecule has 17 heavy (non-hydrogen) atoms. The molecule has 0 atom stereocenters. The lowest BCUT2D eigenvalue weighted by Gasteiger charge is -2.06. The number of halogens is 3. The fourth-order valence-electron chi connectivity index (χ4n) is 1.56. The highest BCUT2D eigenvalue weighted by atomic mass is 79.9. The van der Waals surface area contributed by atoms with Gasteiger partial charge in [0.05, 0.1) is 10.0 Å². The molecule has 0 spiro atoms. The molecule has 2 rings (SSSR count). The van der Waals surface area contributed by atoms with Crippen molar-refractivity contribution in [2.24, 2.45) is 7.05 Å². The van der Waals surface area contributed by atoms with E-state index in [1.54, 1.807) is 14.0 Å². The predicted octanol–water partition coefficient (Wildman–Crippen LogP) is 3.02. The van der Waals surface area contributed by atoms with Crippen LogP contribution in [-0.2, 0) is 7.05 Å². The van der Waals surface area contributed by atoms with Crippen LogP contribution in [0.25, 0.3) is 11.3 Å². The van der Waals surface area contributed by atoms with Gasteiger partial charge in [-0.25, -0.2) is 8.78 Å². The first-order valence-corrected chi connectivity index (χ1v) is 5.65. The Kier molecular flexibility index (Phi) is 2.91. The summed E-state index contributed by atoms with van der Waals surface area (Å²) in [6.45, 7) is 1.56. The molecule has 0 saturated carbocycles. The molecule has 0 aliphatic heterocycles. The third kappa shape index (κ3) is 1.93. The van der Waals surface area contributed by atoms with Crippen LogP contribution in [0.3, 0.4) is 0 Å². The zero-order chi connectivity index (χ0) is 12.7. The first kappa shape index (κ1) is 12.0. The van der Waals surface area contributed by atoms with E-state index in [0.717, 1.165) is 0 Å². The molecule has 0 amide bonds. The molecule has 0 unspecified atom stereocenters. The molecule has 90 valence electrons. The van der Waals surface area contributed by atoms with Crippen molar-refractivity contribution in [3.8, 4) is 11.3 Å². The number of hydrogen-bond acceptors (Lipinski definition) is 2. The molecule has 6 heteroatoms. The first-order chi connectivity index (χ1) is 7.91. The Morgan fingerprint density at radius 3 is 2.47 bits per heavy atom. The molecular formula is C11H10BrF2N3. The molecule has 0 aliphatic carbocycles. The van der Waals surface area contributed by atoms with Crippen LogP contribution in [0.1, 0.15) is 5.56 Å². The van der Waals surface area contributed by atoms with Crippen LogP contribution in [0, 0.1) is 18.6 Å². The van der Waals surface area contributed by atoms with Gasteiger partial charge in [0, 0.05) is 13.1 Å². The van der Waals surface area contributed by atoms with Gasteiger partial charge in [0.2, 0.25) is 0 Å². The van der Waals surface area contributed by atoms with Crippen LogP contribution >= 0.6 is 15.9 Å². The third-order valence-corrected chi connectivity index (χ3v) is 3.09. The van der Waals surface area contributed by atoms with E-state index in [2.05, 4.69) is 21.0 Å². The molecule has 2 N–H and O–H groups in total. The van der Waals surface area contributed by atoms with Crippen LogP contribution in [0.5, 0.6) is 0 Å². The molecule has 3 nitrogen and oxygen atoms in total. The second kappa shape index (κ2) is 4.10. The minimum atomic E-state index is -0.675. The summed E-state index contributed by atoms with van der Waals surface area (Å²) in [5.74, 6) is -0.952. The number of rotatable bonds is 1. The molecule has 0 bridgehead atoms. The van der Waals surface area contributed by atoms with Crippen molar-refractivity contribution in [2.45, 2.75) is 6.92 Å². The number of aromatic nitrogens is 2. The van der Waals surface area contributed by atoms with Gasteiger partial charge in [0.15, 0.2) is 0 Å². The quantitative estimate of drug-likeness (QED) is 0.823. The van der Waals surface area contributed by atoms with Crippen LogP contribution < -0.4 is 5.73 Å². The van der Waals surface area contributed by atoms with Gasteiger partial charge < -0.3 is 5.73 Å². The Balaban J connectivity index is 2.74. The largest absolute Gasteiger partial charge is 0.384 e. The minimum absolute atomic E-state index is 0.163. The molecule has 0 aliphatic rings. The van der Waals surface area contributed by atoms with Crippen molar-refractivity contribution in [1.29, 1.82) is 0 Å². The lowest BCUT2D eigenvalue weighted by atomic mass is 10.1. The van der Waals surface area contributed by atoms with Gasteiger partial charge in [-0.2, -0.15) is 5.10 Å². The Morgan fingerprint density at radius 2 is 1.94 bits per heavy atom. The van der Waals surface area contributed by atoms with Gasteiger partial charge in [0.25, 0.3) is 0 Å². The topological polar surface area (TPSA) is 43.8 Å². The Hall–Kier alpha value is -1.43. The maximum atomic E-state index is 13.9. The van der Waals surface area contributed by atoms with Crippen molar-refractivity contribution in [3.05, 3.63) is 33.8 Å². The van der Waals surface area contributed by atoms with Gasteiger partial charge in [-0.15, -0.1) is 0 Å². The van der Waals surface area contributed by atoms with E-state index in [1.165, 1.54) is 16.8 Å². The second-order valence-corrected chi connectivity index (χ2v) is 4.61. The Labute approximate surface area is 105 Å². The summed E-state index contributed by atoms with van der Waals surface area (Å²) in [4.78, 5) is 0. The van der Waals surface area contributed by atoms with E-state index >= 15 is 0 Å². The summed E-state index contributed by atoms with van der Waals surface area (Å²) in [5, 5.41) is 3.98. The zero-order valence-electron chi connectivity index (χ0n) is 9.26.